The van der Waals surface area contributed by atoms with Gasteiger partial charge in [0, 0.05) is 25.0 Å². The van der Waals surface area contributed by atoms with Crippen LogP contribution in [0.25, 0.3) is 16.6 Å². The molecule has 1 N–H and O–H groups in total. The van der Waals surface area contributed by atoms with Gasteiger partial charge in [-0.3, -0.25) is 14.2 Å². The second-order valence-electron chi connectivity index (χ2n) is 7.49. The van der Waals surface area contributed by atoms with E-state index in [4.69, 9.17) is 14.5 Å². The number of thioether (sulfide) groups is 1. The summed E-state index contributed by atoms with van der Waals surface area (Å²) in [7, 11) is 3.18. The first-order valence-electron chi connectivity index (χ1n) is 10.8. The highest BCUT2D eigenvalue weighted by Gasteiger charge is 2.16. The van der Waals surface area contributed by atoms with Gasteiger partial charge in [-0.2, -0.15) is 0 Å². The number of hydrogen-bond acceptors (Lipinski definition) is 6. The molecule has 1 amide bonds. The molecule has 3 aromatic carbocycles. The van der Waals surface area contributed by atoms with Crippen molar-refractivity contribution in [3.63, 3.8) is 0 Å². The van der Waals surface area contributed by atoms with Gasteiger partial charge in [0.2, 0.25) is 0 Å². The Morgan fingerprint density at radius 2 is 1.79 bits per heavy atom. The lowest BCUT2D eigenvalue weighted by Crippen LogP contribution is -2.27. The van der Waals surface area contributed by atoms with E-state index in [1.165, 1.54) is 11.8 Å². The van der Waals surface area contributed by atoms with E-state index >= 15 is 0 Å². The Bertz CT molecular complexity index is 1340. The number of nitrogens with one attached hydrogen (secondary N) is 1. The highest BCUT2D eigenvalue weighted by molar-refractivity contribution is 7.98. The first kappa shape index (κ1) is 23.5. The van der Waals surface area contributed by atoms with Crippen molar-refractivity contribution in [2.45, 2.75) is 10.9 Å². The Balaban J connectivity index is 1.77. The standard InChI is InChI=1S/C26H25N3O4S/c1-32-15-14-27-24(30)19-8-13-22-23(16-19)28-26(34-17-18-6-4-3-5-7-18)29(25(22)31)20-9-11-21(33-2)12-10-20/h3-13,16H,14-15,17H2,1-2H3,(H,27,30). The van der Waals surface area contributed by atoms with Gasteiger partial charge in [-0.1, -0.05) is 42.1 Å². The van der Waals surface area contributed by atoms with Gasteiger partial charge < -0.3 is 14.8 Å². The number of carbonyl (C=O) groups is 1. The van der Waals surface area contributed by atoms with E-state index in [2.05, 4.69) is 5.32 Å². The van der Waals surface area contributed by atoms with E-state index in [0.717, 1.165) is 5.56 Å². The number of hydrogen-bond donors (Lipinski definition) is 1. The molecule has 7 nitrogen and oxygen atoms in total. The first-order chi connectivity index (χ1) is 16.6. The van der Waals surface area contributed by atoms with Gasteiger partial charge in [-0.15, -0.1) is 0 Å². The SMILES string of the molecule is COCCNC(=O)c1ccc2c(=O)n(-c3ccc(OC)cc3)c(SCc3ccccc3)nc2c1. The number of benzene rings is 3. The third kappa shape index (κ3) is 5.30. The van der Waals surface area contributed by atoms with Crippen LogP contribution in [0.2, 0.25) is 0 Å². The minimum absolute atomic E-state index is 0.197. The van der Waals surface area contributed by atoms with Gasteiger partial charge in [0.15, 0.2) is 5.16 Å². The number of methoxy groups -OCH3 is 2. The average molecular weight is 476 g/mol. The van der Waals surface area contributed by atoms with Crippen molar-refractivity contribution in [1.29, 1.82) is 0 Å². The fourth-order valence-electron chi connectivity index (χ4n) is 3.45. The number of fused-ring (bicyclic) bond motifs is 1. The van der Waals surface area contributed by atoms with Crippen LogP contribution >= 0.6 is 11.8 Å². The van der Waals surface area contributed by atoms with Crippen LogP contribution in [0.15, 0.2) is 82.7 Å². The van der Waals surface area contributed by atoms with E-state index in [1.54, 1.807) is 37.0 Å². The molecular formula is C26H25N3O4S. The second-order valence-corrected chi connectivity index (χ2v) is 8.43. The molecule has 0 aliphatic carbocycles. The van der Waals surface area contributed by atoms with Crippen molar-refractivity contribution >= 4 is 28.6 Å². The Morgan fingerprint density at radius 3 is 2.50 bits per heavy atom. The Labute approximate surface area is 201 Å². The molecule has 0 unspecified atom stereocenters. The molecule has 0 radical (unpaired) electrons. The normalized spacial score (nSPS) is 10.9. The predicted molar refractivity (Wildman–Crippen MR) is 134 cm³/mol. The topological polar surface area (TPSA) is 82.5 Å². The number of ether oxygens (including phenoxy) is 2. The summed E-state index contributed by atoms with van der Waals surface area (Å²) in [5, 5.41) is 3.78. The summed E-state index contributed by atoms with van der Waals surface area (Å²) >= 11 is 1.47. The van der Waals surface area contributed by atoms with Crippen LogP contribution in [-0.4, -0.2) is 42.8 Å². The molecule has 4 rings (SSSR count). The van der Waals surface area contributed by atoms with Crippen LogP contribution in [0.1, 0.15) is 15.9 Å². The van der Waals surface area contributed by atoms with Crippen LogP contribution in [-0.2, 0) is 10.5 Å². The number of carbonyl (C=O) groups excluding carboxylic acids is 1. The molecule has 8 heteroatoms. The summed E-state index contributed by atoms with van der Waals surface area (Å²) in [6.45, 7) is 0.822. The summed E-state index contributed by atoms with van der Waals surface area (Å²) in [6.07, 6.45) is 0. The molecule has 0 saturated heterocycles. The largest absolute Gasteiger partial charge is 0.497 e. The molecule has 0 spiro atoms. The molecule has 4 aromatic rings. The van der Waals surface area contributed by atoms with Gasteiger partial charge in [0.05, 0.1) is 30.3 Å². The zero-order valence-corrected chi connectivity index (χ0v) is 19.8. The lowest BCUT2D eigenvalue weighted by molar-refractivity contribution is 0.0937. The summed E-state index contributed by atoms with van der Waals surface area (Å²) in [4.78, 5) is 30.9. The van der Waals surface area contributed by atoms with Gasteiger partial charge >= 0.3 is 0 Å². The monoisotopic (exact) mass is 475 g/mol. The maximum Gasteiger partial charge on any atom is 0.266 e. The van der Waals surface area contributed by atoms with Crippen LogP contribution in [0.5, 0.6) is 5.75 Å². The van der Waals surface area contributed by atoms with E-state index in [0.29, 0.717) is 52.0 Å². The second kappa shape index (κ2) is 11.0. The summed E-state index contributed by atoms with van der Waals surface area (Å²) in [5.41, 5.74) is 2.53. The number of aromatic nitrogens is 2. The molecule has 174 valence electrons. The minimum Gasteiger partial charge on any atom is -0.497 e. The third-order valence-electron chi connectivity index (χ3n) is 5.23. The molecule has 0 aliphatic rings. The van der Waals surface area contributed by atoms with E-state index < -0.39 is 0 Å². The number of amides is 1. The van der Waals surface area contributed by atoms with Gasteiger partial charge in [0.25, 0.3) is 11.5 Å². The molecule has 0 atom stereocenters. The molecule has 1 heterocycles. The van der Waals surface area contributed by atoms with Crippen molar-refractivity contribution < 1.29 is 14.3 Å². The number of rotatable bonds is 9. The van der Waals surface area contributed by atoms with Gasteiger partial charge in [-0.25, -0.2) is 4.98 Å². The molecule has 1 aromatic heterocycles. The van der Waals surface area contributed by atoms with E-state index in [1.807, 2.05) is 54.6 Å². The van der Waals surface area contributed by atoms with Crippen molar-refractivity contribution in [2.24, 2.45) is 0 Å². The van der Waals surface area contributed by atoms with Crippen molar-refractivity contribution in [1.82, 2.24) is 14.9 Å². The maximum atomic E-state index is 13.6. The van der Waals surface area contributed by atoms with E-state index in [-0.39, 0.29) is 11.5 Å². The number of nitrogens with zero attached hydrogens (tertiary/aromatic N) is 2. The fraction of sp³-hybridized carbons (Fsp3) is 0.192. The Kier molecular flexibility index (Phi) is 7.61. The first-order valence-corrected chi connectivity index (χ1v) is 11.7. The molecule has 0 aliphatic heterocycles. The van der Waals surface area contributed by atoms with Crippen molar-refractivity contribution in [3.05, 3.63) is 94.3 Å². The van der Waals surface area contributed by atoms with Crippen LogP contribution in [0, 0.1) is 0 Å². The van der Waals surface area contributed by atoms with E-state index in [9.17, 15) is 9.59 Å². The molecule has 0 saturated carbocycles. The Hall–Kier alpha value is -3.62. The third-order valence-corrected chi connectivity index (χ3v) is 6.24. The quantitative estimate of drug-likeness (QED) is 0.223. The average Bonchev–Trinajstić information content (AvgIpc) is 2.88. The van der Waals surface area contributed by atoms with Crippen LogP contribution in [0.4, 0.5) is 0 Å². The van der Waals surface area contributed by atoms with Gasteiger partial charge in [0.1, 0.15) is 5.75 Å². The fourth-order valence-corrected chi connectivity index (χ4v) is 4.42. The van der Waals surface area contributed by atoms with Crippen molar-refractivity contribution in [2.75, 3.05) is 27.4 Å². The lowest BCUT2D eigenvalue weighted by atomic mass is 10.1. The highest BCUT2D eigenvalue weighted by Crippen LogP contribution is 2.26. The minimum atomic E-state index is -0.237. The summed E-state index contributed by atoms with van der Waals surface area (Å²) in [5.74, 6) is 1.11. The Morgan fingerprint density at radius 1 is 1.03 bits per heavy atom. The summed E-state index contributed by atoms with van der Waals surface area (Å²) < 4.78 is 11.8. The maximum absolute atomic E-state index is 13.6. The molecule has 0 fully saturated rings. The zero-order chi connectivity index (χ0) is 23.9. The smallest absolute Gasteiger partial charge is 0.266 e. The van der Waals surface area contributed by atoms with Crippen LogP contribution < -0.4 is 15.6 Å². The highest BCUT2D eigenvalue weighted by atomic mass is 32.2. The lowest BCUT2D eigenvalue weighted by Gasteiger charge is -2.14. The van der Waals surface area contributed by atoms with Crippen LogP contribution in [0.3, 0.4) is 0 Å². The summed E-state index contributed by atoms with van der Waals surface area (Å²) in [6, 6.07) is 22.2. The molecular weight excluding hydrogens is 450 g/mol. The predicted octanol–water partition coefficient (Wildman–Crippen LogP) is 4.06. The van der Waals surface area contributed by atoms with Gasteiger partial charge in [-0.05, 0) is 48.0 Å². The zero-order valence-electron chi connectivity index (χ0n) is 19.0. The molecule has 34 heavy (non-hydrogen) atoms. The van der Waals surface area contributed by atoms with Crippen molar-refractivity contribution in [3.8, 4) is 11.4 Å². The molecule has 0 bridgehead atoms.